The molecule has 194 valence electrons. The number of carbonyl (C=O) groups excluding carboxylic acids is 1. The number of aryl methyl sites for hydroxylation is 1. The third kappa shape index (κ3) is 5.36. The molecule has 4 rings (SSSR count). The molecule has 0 N–H and O–H groups in total. The SMILES string of the molecule is CCOC(=O)C1=C(C)N=c2s/c(=C\c3cc(Cl)c(OC(C)C)c(OC)c3)c(=O)n2[C@@H]1c1ccc(C)cc1. The van der Waals surface area contributed by atoms with E-state index in [-0.39, 0.29) is 18.3 Å². The highest BCUT2D eigenvalue weighted by atomic mass is 35.5. The molecule has 0 bridgehead atoms. The molecule has 2 heterocycles. The molecule has 37 heavy (non-hydrogen) atoms. The third-order valence-corrected chi connectivity index (χ3v) is 7.08. The lowest BCUT2D eigenvalue weighted by Gasteiger charge is -2.24. The summed E-state index contributed by atoms with van der Waals surface area (Å²) in [5.74, 6) is 0.436. The van der Waals surface area contributed by atoms with Crippen LogP contribution in [0.15, 0.2) is 57.5 Å². The van der Waals surface area contributed by atoms with Crippen LogP contribution in [0.25, 0.3) is 6.08 Å². The first-order valence-corrected chi connectivity index (χ1v) is 13.1. The Morgan fingerprint density at radius 1 is 1.22 bits per heavy atom. The average molecular weight is 541 g/mol. The van der Waals surface area contributed by atoms with Crippen molar-refractivity contribution in [3.63, 3.8) is 0 Å². The number of ether oxygens (including phenoxy) is 3. The lowest BCUT2D eigenvalue weighted by molar-refractivity contribution is -0.139. The van der Waals surface area contributed by atoms with Gasteiger partial charge in [-0.2, -0.15) is 0 Å². The van der Waals surface area contributed by atoms with E-state index in [2.05, 4.69) is 4.99 Å². The van der Waals surface area contributed by atoms with E-state index in [4.69, 9.17) is 25.8 Å². The van der Waals surface area contributed by atoms with Gasteiger partial charge in [0.25, 0.3) is 5.56 Å². The van der Waals surface area contributed by atoms with Crippen molar-refractivity contribution in [2.45, 2.75) is 46.8 Å². The minimum absolute atomic E-state index is 0.0838. The molecular formula is C28H29ClN2O5S. The third-order valence-electron chi connectivity index (χ3n) is 5.81. The van der Waals surface area contributed by atoms with Crippen LogP contribution < -0.4 is 24.4 Å². The van der Waals surface area contributed by atoms with E-state index in [9.17, 15) is 9.59 Å². The van der Waals surface area contributed by atoms with Crippen molar-refractivity contribution >= 4 is 35.0 Å². The van der Waals surface area contributed by atoms with Crippen LogP contribution in [0.3, 0.4) is 0 Å². The molecule has 1 atom stereocenters. The Balaban J connectivity index is 1.91. The van der Waals surface area contributed by atoms with Gasteiger partial charge < -0.3 is 14.2 Å². The summed E-state index contributed by atoms with van der Waals surface area (Å²) in [6.45, 7) is 9.53. The first-order valence-electron chi connectivity index (χ1n) is 11.9. The van der Waals surface area contributed by atoms with Gasteiger partial charge >= 0.3 is 5.97 Å². The number of aromatic nitrogens is 1. The van der Waals surface area contributed by atoms with Crippen LogP contribution >= 0.6 is 22.9 Å². The summed E-state index contributed by atoms with van der Waals surface area (Å²) >= 11 is 7.75. The highest BCUT2D eigenvalue weighted by Crippen LogP contribution is 2.37. The molecule has 0 aliphatic carbocycles. The molecular weight excluding hydrogens is 512 g/mol. The number of rotatable bonds is 7. The molecule has 7 nitrogen and oxygen atoms in total. The molecule has 1 aromatic heterocycles. The number of fused-ring (bicyclic) bond motifs is 1. The van der Waals surface area contributed by atoms with Gasteiger partial charge in [-0.05, 0) is 64.0 Å². The summed E-state index contributed by atoms with van der Waals surface area (Å²) in [6.07, 6.45) is 1.66. The number of methoxy groups -OCH3 is 1. The molecule has 0 saturated carbocycles. The average Bonchev–Trinajstić information content (AvgIpc) is 3.14. The number of halogens is 1. The van der Waals surface area contributed by atoms with Crippen molar-refractivity contribution in [3.05, 3.63) is 89.1 Å². The fourth-order valence-electron chi connectivity index (χ4n) is 4.18. The summed E-state index contributed by atoms with van der Waals surface area (Å²) in [4.78, 5) is 31.9. The molecule has 0 radical (unpaired) electrons. The Labute approximate surface area is 224 Å². The Hall–Kier alpha value is -3.36. The molecule has 2 aromatic carbocycles. The van der Waals surface area contributed by atoms with E-state index in [0.717, 1.165) is 11.1 Å². The van der Waals surface area contributed by atoms with Gasteiger partial charge in [-0.15, -0.1) is 0 Å². The second-order valence-electron chi connectivity index (χ2n) is 8.91. The number of hydrogen-bond donors (Lipinski definition) is 0. The number of carbonyl (C=O) groups is 1. The summed E-state index contributed by atoms with van der Waals surface area (Å²) in [7, 11) is 1.54. The van der Waals surface area contributed by atoms with Gasteiger partial charge in [0.15, 0.2) is 16.3 Å². The second kappa shape index (κ2) is 10.9. The first kappa shape index (κ1) is 26.7. The Morgan fingerprint density at radius 3 is 2.54 bits per heavy atom. The summed E-state index contributed by atoms with van der Waals surface area (Å²) < 4.78 is 18.7. The molecule has 0 fully saturated rings. The van der Waals surface area contributed by atoms with Crippen LogP contribution in [0.2, 0.25) is 5.02 Å². The van der Waals surface area contributed by atoms with Gasteiger partial charge in [0.1, 0.15) is 0 Å². The van der Waals surface area contributed by atoms with Crippen molar-refractivity contribution in [1.82, 2.24) is 4.57 Å². The Bertz CT molecular complexity index is 1550. The monoisotopic (exact) mass is 540 g/mol. The zero-order valence-corrected chi connectivity index (χ0v) is 23.2. The van der Waals surface area contributed by atoms with Gasteiger partial charge in [-0.3, -0.25) is 9.36 Å². The van der Waals surface area contributed by atoms with Crippen LogP contribution in [0.1, 0.15) is 50.4 Å². The normalized spacial score (nSPS) is 15.5. The van der Waals surface area contributed by atoms with Crippen molar-refractivity contribution < 1.29 is 19.0 Å². The van der Waals surface area contributed by atoms with Crippen LogP contribution in [-0.4, -0.2) is 30.4 Å². The molecule has 1 aliphatic rings. The number of esters is 1. The highest BCUT2D eigenvalue weighted by molar-refractivity contribution is 7.07. The van der Waals surface area contributed by atoms with E-state index in [0.29, 0.717) is 42.7 Å². The van der Waals surface area contributed by atoms with Crippen LogP contribution in [0, 0.1) is 6.92 Å². The van der Waals surface area contributed by atoms with Crippen molar-refractivity contribution in [2.75, 3.05) is 13.7 Å². The first-order chi connectivity index (χ1) is 17.6. The van der Waals surface area contributed by atoms with Crippen LogP contribution in [-0.2, 0) is 9.53 Å². The van der Waals surface area contributed by atoms with Gasteiger partial charge in [-0.25, -0.2) is 9.79 Å². The second-order valence-corrected chi connectivity index (χ2v) is 10.3. The summed E-state index contributed by atoms with van der Waals surface area (Å²) in [6, 6.07) is 10.6. The summed E-state index contributed by atoms with van der Waals surface area (Å²) in [5, 5.41) is 0.380. The molecule has 9 heteroatoms. The van der Waals surface area contributed by atoms with Crippen molar-refractivity contribution in [3.8, 4) is 11.5 Å². The highest BCUT2D eigenvalue weighted by Gasteiger charge is 2.33. The van der Waals surface area contributed by atoms with E-state index in [1.807, 2.05) is 45.0 Å². The maximum Gasteiger partial charge on any atom is 0.338 e. The number of thiazole rings is 1. The van der Waals surface area contributed by atoms with E-state index in [1.165, 1.54) is 18.4 Å². The topological polar surface area (TPSA) is 79.1 Å². The smallest absolute Gasteiger partial charge is 0.338 e. The predicted molar refractivity (Wildman–Crippen MR) is 145 cm³/mol. The quantitative estimate of drug-likeness (QED) is 0.411. The number of hydrogen-bond acceptors (Lipinski definition) is 7. The van der Waals surface area contributed by atoms with Gasteiger partial charge in [0.05, 0.1) is 46.7 Å². The molecule has 1 aliphatic heterocycles. The Morgan fingerprint density at radius 2 is 1.92 bits per heavy atom. The zero-order chi connectivity index (χ0) is 26.9. The largest absolute Gasteiger partial charge is 0.493 e. The molecule has 3 aromatic rings. The van der Waals surface area contributed by atoms with Crippen molar-refractivity contribution in [1.29, 1.82) is 0 Å². The van der Waals surface area contributed by atoms with Gasteiger partial charge in [0, 0.05) is 0 Å². The van der Waals surface area contributed by atoms with Crippen molar-refractivity contribution in [2.24, 2.45) is 4.99 Å². The fraction of sp³-hybridized carbons (Fsp3) is 0.321. The van der Waals surface area contributed by atoms with E-state index in [1.54, 1.807) is 36.6 Å². The molecule has 0 saturated heterocycles. The lowest BCUT2D eigenvalue weighted by Crippen LogP contribution is -2.39. The van der Waals surface area contributed by atoms with E-state index >= 15 is 0 Å². The fourth-order valence-corrected chi connectivity index (χ4v) is 5.49. The zero-order valence-electron chi connectivity index (χ0n) is 21.6. The molecule has 0 unspecified atom stereocenters. The standard InChI is InChI=1S/C28H29ClN2O5S/c1-7-35-27(33)23-17(5)30-28-31(24(23)19-10-8-16(4)9-11-19)26(32)22(37-28)14-18-12-20(29)25(36-15(2)3)21(13-18)34-6/h8-15,24H,7H2,1-6H3/b22-14-/t24-/m1/s1. The van der Waals surface area contributed by atoms with E-state index < -0.39 is 12.0 Å². The van der Waals surface area contributed by atoms with Gasteiger partial charge in [0.2, 0.25) is 0 Å². The minimum atomic E-state index is -0.655. The van der Waals surface area contributed by atoms with Crippen LogP contribution in [0.5, 0.6) is 11.5 Å². The number of nitrogens with zero attached hydrogens (tertiary/aromatic N) is 2. The predicted octanol–water partition coefficient (Wildman–Crippen LogP) is 4.56. The number of benzene rings is 2. The number of allylic oxidation sites excluding steroid dienone is 1. The summed E-state index contributed by atoms with van der Waals surface area (Å²) in [5.41, 5.74) is 3.17. The van der Waals surface area contributed by atoms with Gasteiger partial charge in [-0.1, -0.05) is 52.8 Å². The lowest BCUT2D eigenvalue weighted by atomic mass is 9.95. The molecule has 0 amide bonds. The van der Waals surface area contributed by atoms with Crippen LogP contribution in [0.4, 0.5) is 0 Å². The maximum absolute atomic E-state index is 13.8. The Kier molecular flexibility index (Phi) is 7.90. The maximum atomic E-state index is 13.8. The minimum Gasteiger partial charge on any atom is -0.493 e. The molecule has 0 spiro atoms.